The van der Waals surface area contributed by atoms with Crippen LogP contribution in [0.1, 0.15) is 35.8 Å². The molecule has 1 aromatic heterocycles. The van der Waals surface area contributed by atoms with E-state index < -0.39 is 5.91 Å². The van der Waals surface area contributed by atoms with Crippen LogP contribution < -0.4 is 20.2 Å². The number of benzene rings is 2. The lowest BCUT2D eigenvalue weighted by Gasteiger charge is -2.17. The van der Waals surface area contributed by atoms with Crippen molar-refractivity contribution in [3.63, 3.8) is 0 Å². The number of pyridine rings is 1. The van der Waals surface area contributed by atoms with Gasteiger partial charge < -0.3 is 19.4 Å². The molecule has 6 nitrogen and oxygen atoms in total. The standard InChI is InChI=1S/C22H24N2O4/c1-5-24-13-17(21(25)16-8-6-7-9-18(16)24)22(26)23-14(2)15-10-11-19(27-3)20(12-15)28-4/h6-14H,5H2,1-4H3,(H,23,26). The van der Waals surface area contributed by atoms with Gasteiger partial charge in [0.2, 0.25) is 5.43 Å². The van der Waals surface area contributed by atoms with E-state index in [9.17, 15) is 9.59 Å². The van der Waals surface area contributed by atoms with Crippen LogP contribution in [-0.4, -0.2) is 24.7 Å². The van der Waals surface area contributed by atoms with Crippen LogP contribution in [-0.2, 0) is 6.54 Å². The Hall–Kier alpha value is -3.28. The summed E-state index contributed by atoms with van der Waals surface area (Å²) in [6.07, 6.45) is 1.63. The molecule has 1 amide bonds. The van der Waals surface area contributed by atoms with Crippen LogP contribution in [0.15, 0.2) is 53.5 Å². The fraction of sp³-hybridized carbons (Fsp3) is 0.273. The number of para-hydroxylation sites is 1. The lowest BCUT2D eigenvalue weighted by atomic mass is 10.1. The molecule has 146 valence electrons. The van der Waals surface area contributed by atoms with Crippen LogP contribution in [0.25, 0.3) is 10.9 Å². The van der Waals surface area contributed by atoms with Gasteiger partial charge in [0.05, 0.1) is 25.8 Å². The van der Waals surface area contributed by atoms with Gasteiger partial charge in [0.25, 0.3) is 5.91 Å². The second kappa shape index (κ2) is 8.17. The van der Waals surface area contributed by atoms with E-state index >= 15 is 0 Å². The van der Waals surface area contributed by atoms with Crippen molar-refractivity contribution < 1.29 is 14.3 Å². The van der Waals surface area contributed by atoms with Gasteiger partial charge in [-0.1, -0.05) is 18.2 Å². The summed E-state index contributed by atoms with van der Waals surface area (Å²) >= 11 is 0. The van der Waals surface area contributed by atoms with Gasteiger partial charge in [0, 0.05) is 18.1 Å². The van der Waals surface area contributed by atoms with Gasteiger partial charge in [-0.2, -0.15) is 0 Å². The minimum atomic E-state index is -0.403. The van der Waals surface area contributed by atoms with E-state index in [-0.39, 0.29) is 17.0 Å². The largest absolute Gasteiger partial charge is 0.493 e. The van der Waals surface area contributed by atoms with Crippen molar-refractivity contribution in [2.24, 2.45) is 0 Å². The molecule has 0 fully saturated rings. The number of ether oxygens (including phenoxy) is 2. The van der Waals surface area contributed by atoms with Gasteiger partial charge in [-0.15, -0.1) is 0 Å². The third-order valence-corrected chi connectivity index (χ3v) is 4.83. The first kappa shape index (κ1) is 19.5. The summed E-state index contributed by atoms with van der Waals surface area (Å²) in [4.78, 5) is 25.7. The highest BCUT2D eigenvalue weighted by molar-refractivity contribution is 5.97. The zero-order valence-corrected chi connectivity index (χ0v) is 16.5. The molecular weight excluding hydrogens is 356 g/mol. The van der Waals surface area contributed by atoms with Gasteiger partial charge in [0.1, 0.15) is 5.56 Å². The van der Waals surface area contributed by atoms with E-state index in [2.05, 4.69) is 5.32 Å². The molecule has 1 N–H and O–H groups in total. The SMILES string of the molecule is CCn1cc(C(=O)NC(C)c2ccc(OC)c(OC)c2)c(=O)c2ccccc21. The number of hydrogen-bond donors (Lipinski definition) is 1. The Balaban J connectivity index is 1.93. The predicted molar refractivity (Wildman–Crippen MR) is 109 cm³/mol. The van der Waals surface area contributed by atoms with Crippen LogP contribution in [0.5, 0.6) is 11.5 Å². The summed E-state index contributed by atoms with van der Waals surface area (Å²) in [5, 5.41) is 3.45. The zero-order valence-electron chi connectivity index (χ0n) is 16.5. The second-order valence-corrected chi connectivity index (χ2v) is 6.48. The average Bonchev–Trinajstić information content (AvgIpc) is 2.73. The Bertz CT molecular complexity index is 1070. The molecule has 0 spiro atoms. The number of nitrogens with zero attached hydrogens (tertiary/aromatic N) is 1. The smallest absolute Gasteiger partial charge is 0.257 e. The molecule has 0 saturated heterocycles. The topological polar surface area (TPSA) is 69.6 Å². The maximum Gasteiger partial charge on any atom is 0.257 e. The Kier molecular flexibility index (Phi) is 5.68. The van der Waals surface area contributed by atoms with E-state index in [1.54, 1.807) is 38.6 Å². The minimum Gasteiger partial charge on any atom is -0.493 e. The van der Waals surface area contributed by atoms with E-state index in [1.807, 2.05) is 42.7 Å². The quantitative estimate of drug-likeness (QED) is 0.710. The van der Waals surface area contributed by atoms with E-state index in [0.717, 1.165) is 11.1 Å². The van der Waals surface area contributed by atoms with Gasteiger partial charge in [-0.3, -0.25) is 9.59 Å². The van der Waals surface area contributed by atoms with Crippen molar-refractivity contribution in [1.82, 2.24) is 9.88 Å². The Morgan fingerprint density at radius 1 is 1.11 bits per heavy atom. The van der Waals surface area contributed by atoms with Crippen molar-refractivity contribution in [2.45, 2.75) is 26.4 Å². The molecular formula is C22H24N2O4. The fourth-order valence-corrected chi connectivity index (χ4v) is 3.25. The molecule has 0 aliphatic heterocycles. The first-order valence-corrected chi connectivity index (χ1v) is 9.15. The molecule has 0 saturated carbocycles. The highest BCUT2D eigenvalue weighted by atomic mass is 16.5. The Labute approximate surface area is 163 Å². The van der Waals surface area contributed by atoms with Crippen molar-refractivity contribution in [2.75, 3.05) is 14.2 Å². The van der Waals surface area contributed by atoms with Crippen molar-refractivity contribution >= 4 is 16.8 Å². The number of aromatic nitrogens is 1. The maximum absolute atomic E-state index is 12.9. The molecule has 1 unspecified atom stereocenters. The number of aryl methyl sites for hydroxylation is 1. The van der Waals surface area contributed by atoms with E-state index in [4.69, 9.17) is 9.47 Å². The highest BCUT2D eigenvalue weighted by Gasteiger charge is 2.18. The summed E-state index contributed by atoms with van der Waals surface area (Å²) in [6.45, 7) is 4.50. The van der Waals surface area contributed by atoms with Crippen LogP contribution in [0.4, 0.5) is 0 Å². The zero-order chi connectivity index (χ0) is 20.3. The summed E-state index contributed by atoms with van der Waals surface area (Å²) in [7, 11) is 3.13. The molecule has 6 heteroatoms. The predicted octanol–water partition coefficient (Wildman–Crippen LogP) is 3.53. The number of methoxy groups -OCH3 is 2. The Morgan fingerprint density at radius 2 is 1.82 bits per heavy atom. The molecule has 0 aliphatic carbocycles. The van der Waals surface area contributed by atoms with Crippen molar-refractivity contribution in [3.05, 3.63) is 70.0 Å². The molecule has 0 bridgehead atoms. The number of carbonyl (C=O) groups excluding carboxylic acids is 1. The van der Waals surface area contributed by atoms with E-state index in [1.165, 1.54) is 0 Å². The first-order valence-electron chi connectivity index (χ1n) is 9.15. The average molecular weight is 380 g/mol. The van der Waals surface area contributed by atoms with Crippen molar-refractivity contribution in [3.8, 4) is 11.5 Å². The molecule has 0 aliphatic rings. The van der Waals surface area contributed by atoms with Crippen LogP contribution >= 0.6 is 0 Å². The van der Waals surface area contributed by atoms with Gasteiger partial charge >= 0.3 is 0 Å². The third-order valence-electron chi connectivity index (χ3n) is 4.83. The lowest BCUT2D eigenvalue weighted by Crippen LogP contribution is -2.31. The van der Waals surface area contributed by atoms with Crippen LogP contribution in [0, 0.1) is 0 Å². The first-order chi connectivity index (χ1) is 13.5. The third kappa shape index (κ3) is 3.58. The highest BCUT2D eigenvalue weighted by Crippen LogP contribution is 2.30. The molecule has 1 atom stereocenters. The molecule has 3 aromatic rings. The summed E-state index contributed by atoms with van der Waals surface area (Å²) in [6, 6.07) is 12.5. The maximum atomic E-state index is 12.9. The molecule has 1 heterocycles. The normalized spacial score (nSPS) is 11.9. The number of nitrogens with one attached hydrogen (secondary N) is 1. The monoisotopic (exact) mass is 380 g/mol. The van der Waals surface area contributed by atoms with Crippen molar-refractivity contribution in [1.29, 1.82) is 0 Å². The molecule has 3 rings (SSSR count). The summed E-state index contributed by atoms with van der Waals surface area (Å²) in [5.41, 5.74) is 1.53. The van der Waals surface area contributed by atoms with Crippen LogP contribution in [0.3, 0.4) is 0 Å². The number of amides is 1. The number of hydrogen-bond acceptors (Lipinski definition) is 4. The Morgan fingerprint density at radius 3 is 2.50 bits per heavy atom. The van der Waals surface area contributed by atoms with Gasteiger partial charge in [-0.05, 0) is 43.7 Å². The number of carbonyl (C=O) groups is 1. The molecule has 2 aromatic carbocycles. The second-order valence-electron chi connectivity index (χ2n) is 6.48. The fourth-order valence-electron chi connectivity index (χ4n) is 3.25. The molecule has 0 radical (unpaired) electrons. The van der Waals surface area contributed by atoms with Crippen LogP contribution in [0.2, 0.25) is 0 Å². The number of fused-ring (bicyclic) bond motifs is 1. The summed E-state index contributed by atoms with van der Waals surface area (Å²) in [5.74, 6) is 0.797. The lowest BCUT2D eigenvalue weighted by molar-refractivity contribution is 0.0938. The minimum absolute atomic E-state index is 0.132. The molecule has 28 heavy (non-hydrogen) atoms. The van der Waals surface area contributed by atoms with E-state index in [0.29, 0.717) is 23.4 Å². The van der Waals surface area contributed by atoms with Gasteiger partial charge in [-0.25, -0.2) is 0 Å². The summed E-state index contributed by atoms with van der Waals surface area (Å²) < 4.78 is 12.5. The number of rotatable bonds is 6. The van der Waals surface area contributed by atoms with Gasteiger partial charge in [0.15, 0.2) is 11.5 Å².